The Morgan fingerprint density at radius 1 is 1.00 bits per heavy atom. The third-order valence-electron chi connectivity index (χ3n) is 6.70. The van der Waals surface area contributed by atoms with Gasteiger partial charge in [-0.15, -0.1) is 0 Å². The van der Waals surface area contributed by atoms with Crippen LogP contribution in [0.1, 0.15) is 62.0 Å². The molecular weight excluding hydrogens is 504 g/mol. The number of carbonyl (C=O) groups is 1. The molecule has 1 aliphatic rings. The van der Waals surface area contributed by atoms with E-state index >= 15 is 0 Å². The van der Waals surface area contributed by atoms with E-state index in [9.17, 15) is 4.79 Å². The van der Waals surface area contributed by atoms with Gasteiger partial charge < -0.3 is 15.5 Å². The van der Waals surface area contributed by atoms with Gasteiger partial charge in [0.1, 0.15) is 5.82 Å². The van der Waals surface area contributed by atoms with Gasteiger partial charge in [0.05, 0.1) is 0 Å². The molecule has 3 aromatic rings. The summed E-state index contributed by atoms with van der Waals surface area (Å²) in [5.74, 6) is 1.53. The normalized spacial score (nSPS) is 14.4. The molecule has 2 aromatic carbocycles. The largest absolute Gasteiger partial charge is 0.344 e. The van der Waals surface area contributed by atoms with E-state index < -0.39 is 0 Å². The van der Waals surface area contributed by atoms with Gasteiger partial charge in [0.15, 0.2) is 0 Å². The quantitative estimate of drug-likeness (QED) is 0.349. The van der Waals surface area contributed by atoms with Crippen LogP contribution in [0.5, 0.6) is 0 Å². The van der Waals surface area contributed by atoms with Crippen LogP contribution in [-0.4, -0.2) is 59.6 Å². The lowest BCUT2D eigenvalue weighted by Gasteiger charge is -2.34. The van der Waals surface area contributed by atoms with Crippen molar-refractivity contribution in [1.29, 1.82) is 0 Å². The molecule has 0 atom stereocenters. The fourth-order valence-electron chi connectivity index (χ4n) is 4.57. The predicted molar refractivity (Wildman–Crippen MR) is 154 cm³/mol. The van der Waals surface area contributed by atoms with Crippen molar-refractivity contribution in [2.45, 2.75) is 46.0 Å². The Hall–Kier alpha value is -2.68. The third-order valence-corrected chi connectivity index (χ3v) is 7.77. The molecular formula is C28H37ClN6OS. The number of hydrogen-bond acceptors (Lipinski definition) is 6. The molecule has 0 radical (unpaired) electrons. The lowest BCUT2D eigenvalue weighted by atomic mass is 9.93. The first-order valence-electron chi connectivity index (χ1n) is 13.0. The van der Waals surface area contributed by atoms with E-state index in [0.29, 0.717) is 24.8 Å². The number of anilines is 2. The second-order valence-corrected chi connectivity index (χ2v) is 11.3. The minimum absolute atomic E-state index is 0.143. The average Bonchev–Trinajstić information content (AvgIpc) is 3.34. The molecule has 0 saturated carbocycles. The van der Waals surface area contributed by atoms with Crippen LogP contribution in [0.2, 0.25) is 5.02 Å². The Bertz CT molecular complexity index is 1150. The van der Waals surface area contributed by atoms with Crippen molar-refractivity contribution in [3.8, 4) is 0 Å². The van der Waals surface area contributed by atoms with Crippen molar-refractivity contribution >= 4 is 40.0 Å². The predicted octanol–water partition coefficient (Wildman–Crippen LogP) is 5.97. The van der Waals surface area contributed by atoms with E-state index in [2.05, 4.69) is 70.7 Å². The van der Waals surface area contributed by atoms with E-state index in [0.717, 1.165) is 60.0 Å². The van der Waals surface area contributed by atoms with E-state index in [1.165, 1.54) is 22.7 Å². The third kappa shape index (κ3) is 7.43. The molecule has 37 heavy (non-hydrogen) atoms. The maximum atomic E-state index is 12.7. The van der Waals surface area contributed by atoms with Gasteiger partial charge in [-0.3, -0.25) is 4.90 Å². The zero-order valence-electron chi connectivity index (χ0n) is 22.1. The van der Waals surface area contributed by atoms with Gasteiger partial charge >= 0.3 is 6.03 Å². The summed E-state index contributed by atoms with van der Waals surface area (Å²) in [5.41, 5.74) is 4.45. The molecule has 1 aliphatic heterocycles. The summed E-state index contributed by atoms with van der Waals surface area (Å²) < 4.78 is 4.55. The summed E-state index contributed by atoms with van der Waals surface area (Å²) in [7, 11) is 0. The number of amides is 2. The Balaban J connectivity index is 1.22. The van der Waals surface area contributed by atoms with Gasteiger partial charge in [-0.1, -0.05) is 69.6 Å². The highest BCUT2D eigenvalue weighted by Gasteiger charge is 2.21. The first kappa shape index (κ1) is 27.4. The van der Waals surface area contributed by atoms with E-state index in [1.54, 1.807) is 0 Å². The Morgan fingerprint density at radius 2 is 1.65 bits per heavy atom. The summed E-state index contributed by atoms with van der Waals surface area (Å²) in [6, 6.07) is 14.0. The van der Waals surface area contributed by atoms with Crippen LogP contribution in [0.4, 0.5) is 15.6 Å². The number of carbonyl (C=O) groups excluding carboxylic acids is 1. The molecule has 9 heteroatoms. The molecule has 2 N–H and O–H groups in total. The first-order chi connectivity index (χ1) is 17.8. The number of aromatic nitrogens is 2. The number of rotatable bonds is 9. The summed E-state index contributed by atoms with van der Waals surface area (Å²) in [6.45, 7) is 13.7. The minimum atomic E-state index is -0.143. The summed E-state index contributed by atoms with van der Waals surface area (Å²) in [5, 5.41) is 7.90. The van der Waals surface area contributed by atoms with Gasteiger partial charge in [-0.2, -0.15) is 4.37 Å². The lowest BCUT2D eigenvalue weighted by molar-refractivity contribution is 0.240. The van der Waals surface area contributed by atoms with Gasteiger partial charge in [0.25, 0.3) is 0 Å². The molecule has 1 saturated heterocycles. The molecule has 4 rings (SSSR count). The molecule has 0 unspecified atom stereocenters. The zero-order chi connectivity index (χ0) is 26.4. The fraction of sp³-hybridized carbons (Fsp3) is 0.464. The topological polar surface area (TPSA) is 73.4 Å². The Kier molecular flexibility index (Phi) is 9.40. The van der Waals surface area contributed by atoms with Gasteiger partial charge in [0.2, 0.25) is 5.13 Å². The summed E-state index contributed by atoms with van der Waals surface area (Å²) in [6.07, 6.45) is 0.710. The standard InChI is InChI=1S/C28H37ClN6OS/c1-19(2)23-6-5-7-24(20(3)4)26(23)32-27(36)30-12-13-34-14-16-35(17-15-34)28-31-25(33-37-28)18-21-8-10-22(29)11-9-21/h5-11,19-20H,12-18H2,1-4H3,(H2,30,32,36). The number of urea groups is 1. The van der Waals surface area contributed by atoms with Crippen LogP contribution >= 0.6 is 23.1 Å². The summed E-state index contributed by atoms with van der Waals surface area (Å²) in [4.78, 5) is 22.2. The van der Waals surface area contributed by atoms with Crippen LogP contribution in [0.3, 0.4) is 0 Å². The van der Waals surface area contributed by atoms with Crippen LogP contribution in [0, 0.1) is 0 Å². The first-order valence-corrected chi connectivity index (χ1v) is 14.2. The van der Waals surface area contributed by atoms with Crippen molar-refractivity contribution in [2.75, 3.05) is 49.5 Å². The van der Waals surface area contributed by atoms with Crippen LogP contribution < -0.4 is 15.5 Å². The van der Waals surface area contributed by atoms with Gasteiger partial charge in [0, 0.05) is 67.9 Å². The number of nitrogens with zero attached hydrogens (tertiary/aromatic N) is 4. The fourth-order valence-corrected chi connectivity index (χ4v) is 5.44. The minimum Gasteiger partial charge on any atom is -0.344 e. The molecule has 1 aromatic heterocycles. The number of benzene rings is 2. The number of halogens is 1. The average molecular weight is 541 g/mol. The maximum absolute atomic E-state index is 12.7. The number of piperazine rings is 1. The van der Waals surface area contributed by atoms with Crippen LogP contribution in [-0.2, 0) is 6.42 Å². The highest BCUT2D eigenvalue weighted by atomic mass is 35.5. The molecule has 1 fully saturated rings. The van der Waals surface area contributed by atoms with Crippen molar-refractivity contribution < 1.29 is 4.79 Å². The molecule has 0 aliphatic carbocycles. The smallest absolute Gasteiger partial charge is 0.319 e. The molecule has 0 bridgehead atoms. The zero-order valence-corrected chi connectivity index (χ0v) is 23.7. The van der Waals surface area contributed by atoms with Crippen molar-refractivity contribution in [1.82, 2.24) is 19.6 Å². The number of para-hydroxylation sites is 1. The van der Waals surface area contributed by atoms with E-state index in [-0.39, 0.29) is 6.03 Å². The molecule has 7 nitrogen and oxygen atoms in total. The Morgan fingerprint density at radius 3 is 2.27 bits per heavy atom. The maximum Gasteiger partial charge on any atom is 0.319 e. The number of hydrogen-bond donors (Lipinski definition) is 2. The monoisotopic (exact) mass is 540 g/mol. The van der Waals surface area contributed by atoms with Crippen LogP contribution in [0.15, 0.2) is 42.5 Å². The van der Waals surface area contributed by atoms with E-state index in [4.69, 9.17) is 16.6 Å². The second-order valence-electron chi connectivity index (χ2n) is 10.1. The van der Waals surface area contributed by atoms with E-state index in [1.807, 2.05) is 24.3 Å². The number of nitrogens with one attached hydrogen (secondary N) is 2. The lowest BCUT2D eigenvalue weighted by Crippen LogP contribution is -2.48. The van der Waals surface area contributed by atoms with Crippen LogP contribution in [0.25, 0.3) is 0 Å². The second kappa shape index (κ2) is 12.7. The molecule has 2 heterocycles. The Labute approximate surface area is 229 Å². The summed E-state index contributed by atoms with van der Waals surface area (Å²) >= 11 is 7.44. The van der Waals surface area contributed by atoms with Crippen molar-refractivity contribution in [2.24, 2.45) is 0 Å². The SMILES string of the molecule is CC(C)c1cccc(C(C)C)c1NC(=O)NCCN1CCN(c2nc(Cc3ccc(Cl)cc3)ns2)CC1. The molecule has 198 valence electrons. The van der Waals surface area contributed by atoms with Crippen molar-refractivity contribution in [3.63, 3.8) is 0 Å². The van der Waals surface area contributed by atoms with Gasteiger partial charge in [-0.25, -0.2) is 9.78 Å². The highest BCUT2D eigenvalue weighted by Crippen LogP contribution is 2.32. The van der Waals surface area contributed by atoms with Crippen molar-refractivity contribution in [3.05, 3.63) is 70.0 Å². The van der Waals surface area contributed by atoms with Gasteiger partial charge in [-0.05, 0) is 40.7 Å². The highest BCUT2D eigenvalue weighted by molar-refractivity contribution is 7.09. The molecule has 2 amide bonds. The molecule has 0 spiro atoms.